The molecule has 4 rings (SSSR count). The second-order valence-corrected chi connectivity index (χ2v) is 6.23. The van der Waals surface area contributed by atoms with Crippen LogP contribution in [0.2, 0.25) is 5.02 Å². The molecule has 0 atom stereocenters. The van der Waals surface area contributed by atoms with E-state index >= 15 is 0 Å². The number of aromatic amines is 1. The third kappa shape index (κ3) is 3.31. The molecule has 0 aliphatic carbocycles. The lowest BCUT2D eigenvalue weighted by Crippen LogP contribution is -1.84. The highest BCUT2D eigenvalue weighted by atomic mass is 35.5. The van der Waals surface area contributed by atoms with Gasteiger partial charge in [0.1, 0.15) is 29.2 Å². The van der Waals surface area contributed by atoms with Crippen LogP contribution in [-0.4, -0.2) is 17.1 Å². The van der Waals surface area contributed by atoms with Crippen LogP contribution in [0, 0.1) is 11.3 Å². The van der Waals surface area contributed by atoms with Crippen molar-refractivity contribution in [2.45, 2.75) is 0 Å². The molecule has 6 heteroatoms. The maximum Gasteiger partial charge on any atom is 0.149 e. The van der Waals surface area contributed by atoms with Gasteiger partial charge >= 0.3 is 0 Å². The van der Waals surface area contributed by atoms with Gasteiger partial charge in [0.25, 0.3) is 0 Å². The minimum Gasteiger partial charge on any atom is -0.495 e. The van der Waals surface area contributed by atoms with Gasteiger partial charge in [-0.1, -0.05) is 23.7 Å². The third-order valence-electron chi connectivity index (χ3n) is 4.11. The van der Waals surface area contributed by atoms with Crippen LogP contribution >= 0.6 is 11.6 Å². The summed E-state index contributed by atoms with van der Waals surface area (Å²) < 4.78 is 11.0. The number of imidazole rings is 1. The third-order valence-corrected chi connectivity index (χ3v) is 4.41. The van der Waals surface area contributed by atoms with Crippen molar-refractivity contribution >= 4 is 34.3 Å². The van der Waals surface area contributed by atoms with E-state index in [1.165, 1.54) is 0 Å². The van der Waals surface area contributed by atoms with E-state index in [0.29, 0.717) is 33.7 Å². The highest BCUT2D eigenvalue weighted by Crippen LogP contribution is 2.31. The Morgan fingerprint density at radius 3 is 2.81 bits per heavy atom. The molecule has 2 aromatic heterocycles. The Kier molecular flexibility index (Phi) is 4.41. The number of methoxy groups -OCH3 is 1. The average Bonchev–Trinajstić information content (AvgIpc) is 3.32. The second kappa shape index (κ2) is 7.02. The van der Waals surface area contributed by atoms with Crippen molar-refractivity contribution in [1.29, 1.82) is 5.26 Å². The molecule has 27 heavy (non-hydrogen) atoms. The van der Waals surface area contributed by atoms with Gasteiger partial charge in [0.05, 0.1) is 28.7 Å². The van der Waals surface area contributed by atoms with Gasteiger partial charge in [-0.15, -0.1) is 0 Å². The van der Waals surface area contributed by atoms with Crippen molar-refractivity contribution in [2.24, 2.45) is 0 Å². The quantitative estimate of drug-likeness (QED) is 0.474. The van der Waals surface area contributed by atoms with Crippen molar-refractivity contribution in [3.8, 4) is 23.1 Å². The first-order chi connectivity index (χ1) is 13.2. The van der Waals surface area contributed by atoms with Gasteiger partial charge in [-0.3, -0.25) is 0 Å². The first-order valence-corrected chi connectivity index (χ1v) is 8.56. The zero-order valence-electron chi connectivity index (χ0n) is 14.4. The predicted octanol–water partition coefficient (Wildman–Crippen LogP) is 5.55. The second-order valence-electron chi connectivity index (χ2n) is 5.82. The number of aromatic nitrogens is 2. The van der Waals surface area contributed by atoms with E-state index in [1.807, 2.05) is 36.4 Å². The number of H-pyrrole nitrogens is 1. The van der Waals surface area contributed by atoms with E-state index in [2.05, 4.69) is 16.0 Å². The topological polar surface area (TPSA) is 74.8 Å². The van der Waals surface area contributed by atoms with Crippen LogP contribution in [-0.2, 0) is 0 Å². The molecular weight excluding hydrogens is 362 g/mol. The summed E-state index contributed by atoms with van der Waals surface area (Å²) in [6.07, 6.45) is 1.66. The van der Waals surface area contributed by atoms with Gasteiger partial charge in [-0.05, 0) is 42.5 Å². The fraction of sp³-hybridized carbons (Fsp3) is 0.0476. The summed E-state index contributed by atoms with van der Waals surface area (Å²) in [4.78, 5) is 7.61. The monoisotopic (exact) mass is 375 g/mol. The number of nitrogens with zero attached hydrogens (tertiary/aromatic N) is 2. The normalized spacial score (nSPS) is 11.5. The summed E-state index contributed by atoms with van der Waals surface area (Å²) in [5.41, 5.74) is 2.89. The van der Waals surface area contributed by atoms with Gasteiger partial charge in [0.2, 0.25) is 0 Å². The van der Waals surface area contributed by atoms with E-state index < -0.39 is 0 Å². The lowest BCUT2D eigenvalue weighted by Gasteiger charge is -2.04. The number of hydrogen-bond acceptors (Lipinski definition) is 4. The highest BCUT2D eigenvalue weighted by Gasteiger charge is 2.11. The Balaban J connectivity index is 1.67. The van der Waals surface area contributed by atoms with Crippen LogP contribution in [0.4, 0.5) is 0 Å². The molecule has 2 heterocycles. The predicted molar refractivity (Wildman–Crippen MR) is 105 cm³/mol. The summed E-state index contributed by atoms with van der Waals surface area (Å²) >= 11 is 6.18. The van der Waals surface area contributed by atoms with Crippen LogP contribution in [0.3, 0.4) is 0 Å². The Hall–Kier alpha value is -3.49. The minimum atomic E-state index is 0.389. The van der Waals surface area contributed by atoms with Crippen molar-refractivity contribution < 1.29 is 9.15 Å². The van der Waals surface area contributed by atoms with Gasteiger partial charge < -0.3 is 14.1 Å². The summed E-state index contributed by atoms with van der Waals surface area (Å²) in [5, 5.41) is 10.0. The van der Waals surface area contributed by atoms with Crippen LogP contribution in [0.1, 0.15) is 11.6 Å². The molecule has 0 spiro atoms. The molecule has 132 valence electrons. The molecular formula is C21H14ClN3O2. The van der Waals surface area contributed by atoms with Crippen molar-refractivity contribution in [3.63, 3.8) is 0 Å². The molecule has 0 amide bonds. The Morgan fingerprint density at radius 1 is 1.22 bits per heavy atom. The van der Waals surface area contributed by atoms with Crippen molar-refractivity contribution in [3.05, 3.63) is 71.2 Å². The molecule has 0 saturated heterocycles. The molecule has 0 saturated carbocycles. The minimum absolute atomic E-state index is 0.389. The molecule has 2 aromatic carbocycles. The molecule has 5 nitrogen and oxygen atoms in total. The largest absolute Gasteiger partial charge is 0.495 e. The number of ether oxygens (including phenoxy) is 1. The number of hydrogen-bond donors (Lipinski definition) is 1. The molecule has 0 bridgehead atoms. The molecule has 4 aromatic rings. The fourth-order valence-corrected chi connectivity index (χ4v) is 3.04. The van der Waals surface area contributed by atoms with E-state index in [1.54, 1.807) is 31.4 Å². The van der Waals surface area contributed by atoms with E-state index in [9.17, 15) is 5.26 Å². The Morgan fingerprint density at radius 2 is 2.07 bits per heavy atom. The molecule has 0 unspecified atom stereocenters. The average molecular weight is 376 g/mol. The number of halogens is 1. The zero-order chi connectivity index (χ0) is 18.8. The summed E-state index contributed by atoms with van der Waals surface area (Å²) in [6, 6.07) is 18.8. The van der Waals surface area contributed by atoms with Gasteiger partial charge in [-0.25, -0.2) is 4.98 Å². The summed E-state index contributed by atoms with van der Waals surface area (Å²) in [6.45, 7) is 0. The van der Waals surface area contributed by atoms with Crippen molar-refractivity contribution in [1.82, 2.24) is 9.97 Å². The van der Waals surface area contributed by atoms with Gasteiger partial charge in [-0.2, -0.15) is 5.26 Å². The lowest BCUT2D eigenvalue weighted by atomic mass is 10.1. The molecule has 1 N–H and O–H groups in total. The van der Waals surface area contributed by atoms with Crippen LogP contribution in [0.5, 0.6) is 5.75 Å². The molecule has 0 aliphatic rings. The fourth-order valence-electron chi connectivity index (χ4n) is 2.78. The number of allylic oxidation sites excluding steroid dienone is 1. The Bertz CT molecular complexity index is 1160. The van der Waals surface area contributed by atoms with E-state index in [0.717, 1.165) is 16.6 Å². The van der Waals surface area contributed by atoms with Crippen LogP contribution in [0.15, 0.2) is 59.0 Å². The summed E-state index contributed by atoms with van der Waals surface area (Å²) in [7, 11) is 1.57. The first kappa shape index (κ1) is 17.0. The van der Waals surface area contributed by atoms with E-state index in [4.69, 9.17) is 20.8 Å². The molecule has 0 radical (unpaired) electrons. The maximum atomic E-state index is 9.53. The number of para-hydroxylation sites is 2. The smallest absolute Gasteiger partial charge is 0.149 e. The number of nitriles is 1. The van der Waals surface area contributed by atoms with Gasteiger partial charge in [0, 0.05) is 11.6 Å². The summed E-state index contributed by atoms with van der Waals surface area (Å²) in [5.74, 6) is 2.30. The Labute approximate surface area is 160 Å². The van der Waals surface area contributed by atoms with Crippen LogP contribution in [0.25, 0.3) is 34.0 Å². The van der Waals surface area contributed by atoms with Crippen molar-refractivity contribution in [2.75, 3.05) is 7.11 Å². The standard InChI is InChI=1S/C21H14ClN3O2/c1-26-20-8-6-13(11-16(20)22)19-9-7-15(27-19)10-14(12-23)21-24-17-4-2-3-5-18(17)25-21/h2-11H,1H3,(H,24,25)/b14-10+. The number of fused-ring (bicyclic) bond motifs is 1. The number of nitrogens with one attached hydrogen (secondary N) is 1. The highest BCUT2D eigenvalue weighted by molar-refractivity contribution is 6.32. The zero-order valence-corrected chi connectivity index (χ0v) is 15.1. The van der Waals surface area contributed by atoms with E-state index in [-0.39, 0.29) is 0 Å². The molecule has 0 aliphatic heterocycles. The van der Waals surface area contributed by atoms with Gasteiger partial charge in [0.15, 0.2) is 0 Å². The first-order valence-electron chi connectivity index (χ1n) is 8.18. The van der Waals surface area contributed by atoms with Crippen LogP contribution < -0.4 is 4.74 Å². The maximum absolute atomic E-state index is 9.53. The SMILES string of the molecule is COc1ccc(-c2ccc(/C=C(\C#N)c3nc4ccccc4[nH]3)o2)cc1Cl. The number of benzene rings is 2. The lowest BCUT2D eigenvalue weighted by molar-refractivity contribution is 0.415. The number of furan rings is 1. The number of rotatable bonds is 4. The molecule has 0 fully saturated rings.